The largest absolute Gasteiger partial charge is 0.204 e. The van der Waals surface area contributed by atoms with Gasteiger partial charge in [-0.05, 0) is 11.8 Å². The summed E-state index contributed by atoms with van der Waals surface area (Å²) in [5.74, 6) is -9.64. The highest BCUT2D eigenvalue weighted by molar-refractivity contribution is 6.53. The van der Waals surface area contributed by atoms with Crippen molar-refractivity contribution in [1.29, 1.82) is 0 Å². The number of rotatable bonds is 3. The fourth-order valence-electron chi connectivity index (χ4n) is 1.64. The molecule has 2 rings (SSSR count). The third kappa shape index (κ3) is 2.62. The summed E-state index contributed by atoms with van der Waals surface area (Å²) in [4.78, 5) is 0. The van der Waals surface area contributed by atoms with Gasteiger partial charge in [0.25, 0.3) is 0 Å². The predicted molar refractivity (Wildman–Crippen MR) is 61.8 cm³/mol. The number of hydrogen-bond donors (Lipinski definition) is 0. The second-order valence-electron chi connectivity index (χ2n) is 3.88. The molecule has 0 amide bonds. The number of halogens is 5. The molecule has 19 heavy (non-hydrogen) atoms. The SMILES string of the molecule is Fc1c(F)c(F)c([B]Cc2ccccc2)c(F)c1F. The number of benzene rings is 2. The van der Waals surface area contributed by atoms with Crippen LogP contribution in [-0.2, 0) is 6.32 Å². The van der Waals surface area contributed by atoms with Crippen LogP contribution in [0, 0.1) is 29.1 Å². The lowest BCUT2D eigenvalue weighted by Crippen LogP contribution is -2.28. The van der Waals surface area contributed by atoms with Crippen LogP contribution in [0.4, 0.5) is 22.0 Å². The van der Waals surface area contributed by atoms with Gasteiger partial charge in [-0.25, -0.2) is 22.0 Å². The van der Waals surface area contributed by atoms with Gasteiger partial charge in [0.2, 0.25) is 0 Å². The minimum atomic E-state index is -2.15. The van der Waals surface area contributed by atoms with Crippen LogP contribution in [0.15, 0.2) is 30.3 Å². The molecule has 0 nitrogen and oxygen atoms in total. The maximum atomic E-state index is 13.4. The Morgan fingerprint density at radius 3 is 1.68 bits per heavy atom. The van der Waals surface area contributed by atoms with Crippen LogP contribution < -0.4 is 5.46 Å². The quantitative estimate of drug-likeness (QED) is 0.348. The second kappa shape index (κ2) is 5.42. The zero-order valence-corrected chi connectivity index (χ0v) is 9.56. The van der Waals surface area contributed by atoms with E-state index in [4.69, 9.17) is 0 Å². The molecule has 97 valence electrons. The Morgan fingerprint density at radius 1 is 0.684 bits per heavy atom. The molecule has 0 heterocycles. The Labute approximate surface area is 107 Å². The van der Waals surface area contributed by atoms with Crippen LogP contribution in [0.25, 0.3) is 0 Å². The molecule has 0 N–H and O–H groups in total. The van der Waals surface area contributed by atoms with Crippen LogP contribution in [0.2, 0.25) is 0 Å². The molecule has 0 aliphatic rings. The fraction of sp³-hybridized carbons (Fsp3) is 0.0769. The van der Waals surface area contributed by atoms with E-state index < -0.39 is 34.5 Å². The average Bonchev–Trinajstić information content (AvgIpc) is 2.44. The minimum absolute atomic E-state index is 0.0686. The van der Waals surface area contributed by atoms with Gasteiger partial charge < -0.3 is 0 Å². The summed E-state index contributed by atoms with van der Waals surface area (Å²) in [5.41, 5.74) is -0.202. The van der Waals surface area contributed by atoms with Crippen molar-refractivity contribution >= 4 is 12.7 Å². The Morgan fingerprint density at radius 2 is 1.16 bits per heavy atom. The van der Waals surface area contributed by atoms with Crippen molar-refractivity contribution in [3.63, 3.8) is 0 Å². The van der Waals surface area contributed by atoms with Crippen LogP contribution in [-0.4, -0.2) is 7.28 Å². The molecule has 0 atom stereocenters. The van der Waals surface area contributed by atoms with Gasteiger partial charge in [0.15, 0.2) is 36.4 Å². The van der Waals surface area contributed by atoms with E-state index in [2.05, 4.69) is 0 Å². The van der Waals surface area contributed by atoms with Crippen molar-refractivity contribution in [2.75, 3.05) is 0 Å². The minimum Gasteiger partial charge on any atom is -0.204 e. The monoisotopic (exact) mass is 269 g/mol. The summed E-state index contributed by atoms with van der Waals surface area (Å²) in [7, 11) is 0.978. The Hall–Kier alpha value is -1.85. The van der Waals surface area contributed by atoms with Gasteiger partial charge in [0.1, 0.15) is 0 Å². The zero-order chi connectivity index (χ0) is 14.0. The maximum absolute atomic E-state index is 13.4. The standard InChI is InChI=1S/C13H7BF5/c15-9-8(10(16)12(18)13(19)11(9)17)14-6-7-4-2-1-3-5-7/h1-5H,6H2. The summed E-state index contributed by atoms with van der Waals surface area (Å²) in [6.45, 7) is 0. The van der Waals surface area contributed by atoms with E-state index in [9.17, 15) is 22.0 Å². The van der Waals surface area contributed by atoms with Crippen molar-refractivity contribution in [3.8, 4) is 0 Å². The summed E-state index contributed by atoms with van der Waals surface area (Å²) in [6.07, 6.45) is 0.0686. The molecule has 0 bridgehead atoms. The molecule has 0 aliphatic carbocycles. The summed E-state index contributed by atoms with van der Waals surface area (Å²) >= 11 is 0. The van der Waals surface area contributed by atoms with Gasteiger partial charge in [0, 0.05) is 0 Å². The topological polar surface area (TPSA) is 0 Å². The first-order chi connectivity index (χ1) is 9.02. The van der Waals surface area contributed by atoms with Crippen molar-refractivity contribution in [2.45, 2.75) is 6.32 Å². The van der Waals surface area contributed by atoms with Crippen molar-refractivity contribution in [1.82, 2.24) is 0 Å². The fourth-order valence-corrected chi connectivity index (χ4v) is 1.64. The van der Waals surface area contributed by atoms with Gasteiger partial charge in [0.05, 0.1) is 0 Å². The number of hydrogen-bond acceptors (Lipinski definition) is 0. The van der Waals surface area contributed by atoms with Crippen molar-refractivity contribution in [2.24, 2.45) is 0 Å². The van der Waals surface area contributed by atoms with E-state index >= 15 is 0 Å². The van der Waals surface area contributed by atoms with Crippen molar-refractivity contribution in [3.05, 3.63) is 65.0 Å². The molecule has 2 aromatic rings. The van der Waals surface area contributed by atoms with E-state index in [0.717, 1.165) is 7.28 Å². The van der Waals surface area contributed by atoms with Gasteiger partial charge in [-0.15, -0.1) is 0 Å². The molecular weight excluding hydrogens is 262 g/mol. The van der Waals surface area contributed by atoms with Crippen LogP contribution >= 0.6 is 0 Å². The van der Waals surface area contributed by atoms with E-state index in [1.165, 1.54) is 0 Å². The van der Waals surface area contributed by atoms with Gasteiger partial charge in [-0.1, -0.05) is 35.9 Å². The Bertz CT molecular complexity index is 569. The van der Waals surface area contributed by atoms with Crippen molar-refractivity contribution < 1.29 is 22.0 Å². The molecule has 1 radical (unpaired) electrons. The highest BCUT2D eigenvalue weighted by atomic mass is 19.2. The van der Waals surface area contributed by atoms with Crippen LogP contribution in [0.3, 0.4) is 0 Å². The first-order valence-corrected chi connectivity index (χ1v) is 5.41. The van der Waals surface area contributed by atoms with E-state index in [0.29, 0.717) is 5.56 Å². The van der Waals surface area contributed by atoms with E-state index in [1.54, 1.807) is 30.3 Å². The first kappa shape index (κ1) is 13.6. The predicted octanol–water partition coefficient (Wildman–Crippen LogP) is 2.91. The van der Waals surface area contributed by atoms with Crippen LogP contribution in [0.5, 0.6) is 0 Å². The summed E-state index contributed by atoms with van der Waals surface area (Å²) in [6, 6.07) is 8.54. The lowest BCUT2D eigenvalue weighted by atomic mass is 9.64. The Balaban J connectivity index is 2.31. The molecule has 0 saturated carbocycles. The molecule has 0 fully saturated rings. The van der Waals surface area contributed by atoms with Crippen LogP contribution in [0.1, 0.15) is 5.56 Å². The summed E-state index contributed by atoms with van der Waals surface area (Å²) in [5, 5.41) is 0. The third-order valence-corrected chi connectivity index (χ3v) is 2.63. The highest BCUT2D eigenvalue weighted by Crippen LogP contribution is 2.16. The normalized spacial score (nSPS) is 10.6. The Kier molecular flexibility index (Phi) is 3.88. The first-order valence-electron chi connectivity index (χ1n) is 5.41. The average molecular weight is 269 g/mol. The second-order valence-corrected chi connectivity index (χ2v) is 3.88. The molecule has 0 aromatic heterocycles. The van der Waals surface area contributed by atoms with Gasteiger partial charge in [-0.2, -0.15) is 0 Å². The van der Waals surface area contributed by atoms with Gasteiger partial charge in [-0.3, -0.25) is 0 Å². The lowest BCUT2D eigenvalue weighted by molar-refractivity contribution is 0.384. The molecule has 0 aliphatic heterocycles. The maximum Gasteiger partial charge on any atom is 0.200 e. The van der Waals surface area contributed by atoms with E-state index in [1.807, 2.05) is 0 Å². The smallest absolute Gasteiger partial charge is 0.200 e. The lowest BCUT2D eigenvalue weighted by Gasteiger charge is -2.07. The zero-order valence-electron chi connectivity index (χ0n) is 9.56. The van der Waals surface area contributed by atoms with E-state index in [-0.39, 0.29) is 6.32 Å². The molecule has 0 saturated heterocycles. The highest BCUT2D eigenvalue weighted by Gasteiger charge is 2.25. The molecule has 6 heteroatoms. The molecule has 2 aromatic carbocycles. The third-order valence-electron chi connectivity index (χ3n) is 2.63. The molecule has 0 spiro atoms. The molecular formula is C13H7BF5. The van der Waals surface area contributed by atoms with Gasteiger partial charge >= 0.3 is 0 Å². The summed E-state index contributed by atoms with van der Waals surface area (Å²) < 4.78 is 65.4. The molecule has 0 unspecified atom stereocenters.